The summed E-state index contributed by atoms with van der Waals surface area (Å²) in [6.45, 7) is 1.54. The SMILES string of the molecule is O=C(NCc1cn[nH]n1)[C@@H]1CCCN(C(=O)c2cccs2)C1. The van der Waals surface area contributed by atoms with Crippen LogP contribution < -0.4 is 5.32 Å². The molecule has 1 atom stereocenters. The highest BCUT2D eigenvalue weighted by Crippen LogP contribution is 2.20. The van der Waals surface area contributed by atoms with E-state index in [-0.39, 0.29) is 17.7 Å². The fourth-order valence-electron chi connectivity index (χ4n) is 2.56. The Balaban J connectivity index is 1.55. The van der Waals surface area contributed by atoms with Crippen LogP contribution in [0.5, 0.6) is 0 Å². The number of likely N-dealkylation sites (tertiary alicyclic amines) is 1. The summed E-state index contributed by atoms with van der Waals surface area (Å²) in [6, 6.07) is 3.69. The average molecular weight is 319 g/mol. The number of aromatic amines is 1. The van der Waals surface area contributed by atoms with Crippen molar-refractivity contribution in [3.05, 3.63) is 34.3 Å². The second-order valence-corrected chi connectivity index (χ2v) is 6.19. The Kier molecular flexibility index (Phi) is 4.47. The molecule has 1 saturated heterocycles. The van der Waals surface area contributed by atoms with Gasteiger partial charge in [-0.15, -0.1) is 11.3 Å². The van der Waals surface area contributed by atoms with E-state index in [1.165, 1.54) is 11.3 Å². The third-order valence-electron chi connectivity index (χ3n) is 3.72. The van der Waals surface area contributed by atoms with Crippen molar-refractivity contribution in [1.82, 2.24) is 25.6 Å². The number of H-pyrrole nitrogens is 1. The van der Waals surface area contributed by atoms with Gasteiger partial charge in [-0.3, -0.25) is 9.59 Å². The molecule has 2 amide bonds. The first-order valence-corrected chi connectivity index (χ1v) is 8.07. The average Bonchev–Trinajstić information content (AvgIpc) is 3.25. The molecular formula is C14H17N5O2S. The summed E-state index contributed by atoms with van der Waals surface area (Å²) in [5.74, 6) is -0.180. The van der Waals surface area contributed by atoms with Crippen molar-refractivity contribution in [3.8, 4) is 0 Å². The van der Waals surface area contributed by atoms with Crippen LogP contribution in [0.15, 0.2) is 23.7 Å². The van der Waals surface area contributed by atoms with E-state index in [2.05, 4.69) is 20.7 Å². The van der Waals surface area contributed by atoms with Gasteiger partial charge in [0, 0.05) is 13.1 Å². The lowest BCUT2D eigenvalue weighted by atomic mass is 9.97. The van der Waals surface area contributed by atoms with Crippen LogP contribution in [0.1, 0.15) is 28.2 Å². The van der Waals surface area contributed by atoms with E-state index in [1.807, 2.05) is 17.5 Å². The number of hydrogen-bond acceptors (Lipinski definition) is 5. The molecule has 0 aliphatic carbocycles. The van der Waals surface area contributed by atoms with Crippen LogP contribution in [0.3, 0.4) is 0 Å². The predicted octanol–water partition coefficient (Wildman–Crippen LogP) is 1.03. The smallest absolute Gasteiger partial charge is 0.263 e. The molecule has 2 aromatic heterocycles. The molecule has 7 nitrogen and oxygen atoms in total. The van der Waals surface area contributed by atoms with E-state index in [9.17, 15) is 9.59 Å². The predicted molar refractivity (Wildman–Crippen MR) is 81.2 cm³/mol. The van der Waals surface area contributed by atoms with Crippen LogP contribution in [0.25, 0.3) is 0 Å². The Morgan fingerprint density at radius 3 is 3.14 bits per heavy atom. The van der Waals surface area contributed by atoms with Gasteiger partial charge in [-0.05, 0) is 24.3 Å². The minimum absolute atomic E-state index is 0.0176. The van der Waals surface area contributed by atoms with E-state index < -0.39 is 0 Å². The van der Waals surface area contributed by atoms with Gasteiger partial charge in [-0.25, -0.2) is 0 Å². The van der Waals surface area contributed by atoms with Gasteiger partial charge >= 0.3 is 0 Å². The highest BCUT2D eigenvalue weighted by atomic mass is 32.1. The largest absolute Gasteiger partial charge is 0.350 e. The van der Waals surface area contributed by atoms with Crippen LogP contribution in [0.4, 0.5) is 0 Å². The summed E-state index contributed by atoms with van der Waals surface area (Å²) in [6.07, 6.45) is 3.23. The number of hydrogen-bond donors (Lipinski definition) is 2. The molecule has 1 fully saturated rings. The normalized spacial score (nSPS) is 18.2. The van der Waals surface area contributed by atoms with Gasteiger partial charge < -0.3 is 10.2 Å². The fourth-order valence-corrected chi connectivity index (χ4v) is 3.26. The Morgan fingerprint density at radius 1 is 1.50 bits per heavy atom. The van der Waals surface area contributed by atoms with Crippen LogP contribution >= 0.6 is 11.3 Å². The zero-order valence-corrected chi connectivity index (χ0v) is 12.8. The Bertz CT molecular complexity index is 626. The number of rotatable bonds is 4. The molecule has 0 spiro atoms. The molecule has 0 saturated carbocycles. The van der Waals surface area contributed by atoms with Gasteiger partial charge in [0.05, 0.1) is 23.5 Å². The van der Waals surface area contributed by atoms with Crippen molar-refractivity contribution < 1.29 is 9.59 Å². The number of thiophene rings is 1. The van der Waals surface area contributed by atoms with Crippen molar-refractivity contribution in [1.29, 1.82) is 0 Å². The van der Waals surface area contributed by atoms with Crippen molar-refractivity contribution in [3.63, 3.8) is 0 Å². The van der Waals surface area contributed by atoms with Crippen LogP contribution in [-0.4, -0.2) is 45.2 Å². The number of nitrogens with one attached hydrogen (secondary N) is 2. The van der Waals surface area contributed by atoms with Gasteiger partial charge in [-0.2, -0.15) is 15.4 Å². The van der Waals surface area contributed by atoms with E-state index in [1.54, 1.807) is 11.1 Å². The van der Waals surface area contributed by atoms with Crippen molar-refractivity contribution in [2.24, 2.45) is 5.92 Å². The first kappa shape index (κ1) is 14.7. The maximum absolute atomic E-state index is 12.4. The Hall–Kier alpha value is -2.22. The lowest BCUT2D eigenvalue weighted by Crippen LogP contribution is -2.45. The van der Waals surface area contributed by atoms with Gasteiger partial charge in [0.2, 0.25) is 5.91 Å². The summed E-state index contributed by atoms with van der Waals surface area (Å²) in [7, 11) is 0. The van der Waals surface area contributed by atoms with Crippen LogP contribution in [0.2, 0.25) is 0 Å². The summed E-state index contributed by atoms with van der Waals surface area (Å²) < 4.78 is 0. The second kappa shape index (κ2) is 6.69. The zero-order chi connectivity index (χ0) is 15.4. The molecule has 0 aromatic carbocycles. The van der Waals surface area contributed by atoms with Crippen molar-refractivity contribution in [2.75, 3.05) is 13.1 Å². The van der Waals surface area contributed by atoms with E-state index in [0.29, 0.717) is 25.3 Å². The molecule has 3 heterocycles. The molecule has 1 aliphatic heterocycles. The first-order valence-electron chi connectivity index (χ1n) is 7.19. The number of carbonyl (C=O) groups excluding carboxylic acids is 2. The van der Waals surface area contributed by atoms with Crippen LogP contribution in [-0.2, 0) is 11.3 Å². The minimum atomic E-state index is -0.162. The molecule has 22 heavy (non-hydrogen) atoms. The lowest BCUT2D eigenvalue weighted by molar-refractivity contribution is -0.126. The minimum Gasteiger partial charge on any atom is -0.350 e. The lowest BCUT2D eigenvalue weighted by Gasteiger charge is -2.31. The Morgan fingerprint density at radius 2 is 2.41 bits per heavy atom. The topological polar surface area (TPSA) is 91.0 Å². The van der Waals surface area contributed by atoms with E-state index >= 15 is 0 Å². The molecule has 0 bridgehead atoms. The molecule has 116 valence electrons. The van der Waals surface area contributed by atoms with Crippen LogP contribution in [0, 0.1) is 5.92 Å². The summed E-state index contributed by atoms with van der Waals surface area (Å²) in [4.78, 5) is 27.1. The number of amides is 2. The van der Waals surface area contributed by atoms with E-state index in [0.717, 1.165) is 17.7 Å². The maximum atomic E-state index is 12.4. The third-order valence-corrected chi connectivity index (χ3v) is 4.58. The molecule has 2 aromatic rings. The highest BCUT2D eigenvalue weighted by Gasteiger charge is 2.29. The molecule has 0 unspecified atom stereocenters. The third kappa shape index (κ3) is 3.33. The van der Waals surface area contributed by atoms with Gasteiger partial charge in [-0.1, -0.05) is 6.07 Å². The molecule has 0 radical (unpaired) electrons. The summed E-state index contributed by atoms with van der Waals surface area (Å²) in [5, 5.41) is 14.8. The number of aromatic nitrogens is 3. The van der Waals surface area contributed by atoms with Gasteiger partial charge in [0.25, 0.3) is 5.91 Å². The van der Waals surface area contributed by atoms with Gasteiger partial charge in [0.15, 0.2) is 0 Å². The maximum Gasteiger partial charge on any atom is 0.263 e. The quantitative estimate of drug-likeness (QED) is 0.881. The van der Waals surface area contributed by atoms with Crippen molar-refractivity contribution >= 4 is 23.2 Å². The van der Waals surface area contributed by atoms with E-state index in [4.69, 9.17) is 0 Å². The standard InChI is InChI=1S/C14H17N5O2S/c20-13(15-7-11-8-16-18-17-11)10-3-1-5-19(9-10)14(21)12-4-2-6-22-12/h2,4,6,8,10H,1,3,5,7,9H2,(H,15,20)(H,16,17,18)/t10-/m1/s1. The first-order chi connectivity index (χ1) is 10.7. The van der Waals surface area contributed by atoms with Crippen molar-refractivity contribution in [2.45, 2.75) is 19.4 Å². The monoisotopic (exact) mass is 319 g/mol. The number of carbonyl (C=O) groups is 2. The number of piperidine rings is 1. The highest BCUT2D eigenvalue weighted by molar-refractivity contribution is 7.12. The molecule has 3 rings (SSSR count). The molecule has 8 heteroatoms. The fraction of sp³-hybridized carbons (Fsp3) is 0.429. The second-order valence-electron chi connectivity index (χ2n) is 5.25. The van der Waals surface area contributed by atoms with Gasteiger partial charge in [0.1, 0.15) is 5.69 Å². The Labute approximate surface area is 131 Å². The summed E-state index contributed by atoms with van der Waals surface area (Å²) >= 11 is 1.43. The molecule has 1 aliphatic rings. The molecular weight excluding hydrogens is 302 g/mol. The molecule has 2 N–H and O–H groups in total. The zero-order valence-electron chi connectivity index (χ0n) is 12.0. The summed E-state index contributed by atoms with van der Waals surface area (Å²) in [5.41, 5.74) is 0.690. The number of nitrogens with zero attached hydrogens (tertiary/aromatic N) is 3.